The van der Waals surface area contributed by atoms with Gasteiger partial charge in [-0.15, -0.1) is 0 Å². The lowest BCUT2D eigenvalue weighted by molar-refractivity contribution is 0.895. The van der Waals surface area contributed by atoms with Gasteiger partial charge in [-0.3, -0.25) is 0 Å². The second kappa shape index (κ2) is 7.43. The number of hydrogen-bond acceptors (Lipinski definition) is 0. The van der Waals surface area contributed by atoms with E-state index in [1.807, 2.05) is 0 Å². The van der Waals surface area contributed by atoms with Crippen LogP contribution in [0.25, 0.3) is 0 Å². The molecule has 0 radical (unpaired) electrons. The molecule has 80 valence electrons. The summed E-state index contributed by atoms with van der Waals surface area (Å²) in [5.74, 6) is 0. The molecule has 0 aliphatic carbocycles. The van der Waals surface area contributed by atoms with Crippen LogP contribution < -0.4 is 0 Å². The first-order valence-corrected chi connectivity index (χ1v) is 6.86. The van der Waals surface area contributed by atoms with Gasteiger partial charge >= 0.3 is 0 Å². The molecule has 0 unspecified atom stereocenters. The Labute approximate surface area is 91.4 Å². The van der Waals surface area contributed by atoms with Gasteiger partial charge < -0.3 is 0 Å². The Balaban J connectivity index is 2.20. The largest absolute Gasteiger partial charge is 0.139 e. The topological polar surface area (TPSA) is 0 Å². The van der Waals surface area contributed by atoms with E-state index in [9.17, 15) is 0 Å². The zero-order valence-corrected chi connectivity index (χ0v) is 10.2. The Morgan fingerprint density at radius 1 is 0.714 bits per heavy atom. The molecule has 0 amide bonds. The molecule has 0 saturated carbocycles. The molecule has 1 saturated heterocycles. The molecular weight excluding hydrogens is 166 g/mol. The van der Waals surface area contributed by atoms with Crippen LogP contribution in [0.4, 0.5) is 0 Å². The molecule has 0 aromatic rings. The average Bonchev–Trinajstić information content (AvgIpc) is 2.13. The fraction of sp³-hybridized carbons (Fsp3) is 1.00. The van der Waals surface area contributed by atoms with E-state index < -0.39 is 0 Å². The van der Waals surface area contributed by atoms with E-state index >= 15 is 0 Å². The Morgan fingerprint density at radius 3 is 1.36 bits per heavy atom. The van der Waals surface area contributed by atoms with Gasteiger partial charge in [-0.1, -0.05) is 77.5 Å². The van der Waals surface area contributed by atoms with E-state index in [1.54, 1.807) is 0 Å². The van der Waals surface area contributed by atoms with Crippen molar-refractivity contribution in [2.45, 2.75) is 77.5 Å². The van der Waals surface area contributed by atoms with Crippen LogP contribution in [-0.2, 0) is 0 Å². The predicted molar refractivity (Wildman–Crippen MR) is 70.2 cm³/mol. The normalized spacial score (nSPS) is 19.3. The van der Waals surface area contributed by atoms with Crippen molar-refractivity contribution in [1.29, 1.82) is 0 Å². The van der Waals surface area contributed by atoms with Gasteiger partial charge in [0.25, 0.3) is 0 Å². The van der Waals surface area contributed by atoms with Crippen molar-refractivity contribution in [3.63, 3.8) is 0 Å². The zero-order valence-electron chi connectivity index (χ0n) is 10.2. The summed E-state index contributed by atoms with van der Waals surface area (Å²) in [7, 11) is 0. The van der Waals surface area contributed by atoms with Crippen LogP contribution in [0.1, 0.15) is 39.5 Å². The van der Waals surface area contributed by atoms with Gasteiger partial charge in [0.2, 0.25) is 0 Å². The Morgan fingerprint density at radius 2 is 1.07 bits per heavy atom. The summed E-state index contributed by atoms with van der Waals surface area (Å²) >= 11 is 0. The van der Waals surface area contributed by atoms with Gasteiger partial charge in [-0.2, -0.15) is 0 Å². The lowest BCUT2D eigenvalue weighted by atomic mass is 9.33. The summed E-state index contributed by atoms with van der Waals surface area (Å²) in [5, 5.41) is 0. The van der Waals surface area contributed by atoms with Crippen molar-refractivity contribution in [2.24, 2.45) is 0 Å². The molecular formula is C12H26B2. The fourth-order valence-corrected chi connectivity index (χ4v) is 3.07. The minimum absolute atomic E-state index is 1.07. The molecule has 1 aliphatic heterocycles. The molecule has 1 heterocycles. The molecule has 2 heteroatoms. The van der Waals surface area contributed by atoms with E-state index in [0.29, 0.717) is 0 Å². The average molecular weight is 192 g/mol. The van der Waals surface area contributed by atoms with Gasteiger partial charge in [-0.05, 0) is 0 Å². The van der Waals surface area contributed by atoms with Crippen molar-refractivity contribution in [1.82, 2.24) is 0 Å². The van der Waals surface area contributed by atoms with E-state index in [-0.39, 0.29) is 0 Å². The van der Waals surface area contributed by atoms with Crippen LogP contribution in [0.5, 0.6) is 0 Å². The molecule has 0 spiro atoms. The van der Waals surface area contributed by atoms with Gasteiger partial charge in [0.1, 0.15) is 13.4 Å². The highest BCUT2D eigenvalue weighted by Gasteiger charge is 2.19. The van der Waals surface area contributed by atoms with Crippen LogP contribution in [0.3, 0.4) is 0 Å². The van der Waals surface area contributed by atoms with Crippen LogP contribution >= 0.6 is 0 Å². The summed E-state index contributed by atoms with van der Waals surface area (Å²) in [6.07, 6.45) is 14.9. The first-order chi connectivity index (χ1) is 6.86. The lowest BCUT2D eigenvalue weighted by Gasteiger charge is -2.20. The SMILES string of the molecule is CCCB1CCCB(CCC)CCC1. The summed E-state index contributed by atoms with van der Waals surface area (Å²) in [4.78, 5) is 0. The molecule has 1 aliphatic rings. The third-order valence-electron chi connectivity index (χ3n) is 3.84. The van der Waals surface area contributed by atoms with E-state index in [0.717, 1.165) is 13.4 Å². The van der Waals surface area contributed by atoms with Crippen molar-refractivity contribution < 1.29 is 0 Å². The molecule has 0 nitrogen and oxygen atoms in total. The highest BCUT2D eigenvalue weighted by Crippen LogP contribution is 2.24. The van der Waals surface area contributed by atoms with E-state index in [4.69, 9.17) is 0 Å². The quantitative estimate of drug-likeness (QED) is 0.571. The minimum atomic E-state index is 1.07. The summed E-state index contributed by atoms with van der Waals surface area (Å²) in [5.41, 5.74) is 0. The van der Waals surface area contributed by atoms with E-state index in [2.05, 4.69) is 13.8 Å². The predicted octanol–water partition coefficient (Wildman–Crippen LogP) is 4.59. The first-order valence-electron chi connectivity index (χ1n) is 6.86. The molecule has 14 heavy (non-hydrogen) atoms. The second-order valence-corrected chi connectivity index (χ2v) is 5.17. The Hall–Kier alpha value is 0.130. The monoisotopic (exact) mass is 192 g/mol. The third-order valence-corrected chi connectivity index (χ3v) is 3.84. The highest BCUT2D eigenvalue weighted by molar-refractivity contribution is 6.61. The highest BCUT2D eigenvalue weighted by atomic mass is 13.9. The molecule has 1 fully saturated rings. The molecule has 0 bridgehead atoms. The van der Waals surface area contributed by atoms with Gasteiger partial charge in [0.05, 0.1) is 0 Å². The maximum Gasteiger partial charge on any atom is 0.139 e. The summed E-state index contributed by atoms with van der Waals surface area (Å²) < 4.78 is 0. The summed E-state index contributed by atoms with van der Waals surface area (Å²) in [6.45, 7) is 6.81. The Bertz CT molecular complexity index is 112. The van der Waals surface area contributed by atoms with Gasteiger partial charge in [0.15, 0.2) is 0 Å². The third kappa shape index (κ3) is 4.57. The van der Waals surface area contributed by atoms with Crippen molar-refractivity contribution in [3.8, 4) is 0 Å². The smallest absolute Gasteiger partial charge is 0.0748 e. The number of rotatable bonds is 4. The molecule has 0 aromatic carbocycles. The lowest BCUT2D eigenvalue weighted by Crippen LogP contribution is -2.19. The van der Waals surface area contributed by atoms with Crippen LogP contribution in [0, 0.1) is 0 Å². The maximum absolute atomic E-state index is 2.33. The standard InChI is InChI=1S/C12H26B2/c1-3-7-13-9-5-11-14(8-4-2)12-6-10-13/h3-12H2,1-2H3. The second-order valence-electron chi connectivity index (χ2n) is 5.17. The fourth-order valence-electron chi connectivity index (χ4n) is 3.07. The molecule has 0 N–H and O–H groups in total. The molecule has 0 atom stereocenters. The van der Waals surface area contributed by atoms with Gasteiger partial charge in [-0.25, -0.2) is 0 Å². The van der Waals surface area contributed by atoms with Crippen LogP contribution in [0.15, 0.2) is 0 Å². The molecule has 0 aromatic heterocycles. The van der Waals surface area contributed by atoms with Crippen molar-refractivity contribution in [3.05, 3.63) is 0 Å². The van der Waals surface area contributed by atoms with E-state index in [1.165, 1.54) is 63.6 Å². The Kier molecular flexibility index (Phi) is 6.47. The minimum Gasteiger partial charge on any atom is -0.0748 e. The summed E-state index contributed by atoms with van der Waals surface area (Å²) in [6, 6.07) is 0. The first kappa shape index (κ1) is 12.2. The van der Waals surface area contributed by atoms with Crippen LogP contribution in [-0.4, -0.2) is 13.4 Å². The van der Waals surface area contributed by atoms with Gasteiger partial charge in [0, 0.05) is 0 Å². The van der Waals surface area contributed by atoms with Crippen molar-refractivity contribution >= 4 is 13.4 Å². The maximum atomic E-state index is 2.33. The molecule has 1 rings (SSSR count). The zero-order chi connectivity index (χ0) is 10.2. The van der Waals surface area contributed by atoms with Crippen molar-refractivity contribution in [2.75, 3.05) is 0 Å². The van der Waals surface area contributed by atoms with Crippen LogP contribution in [0.2, 0.25) is 37.9 Å². The number of hydrogen-bond donors (Lipinski definition) is 0.